The van der Waals surface area contributed by atoms with Gasteiger partial charge in [0.25, 0.3) is 0 Å². The van der Waals surface area contributed by atoms with Crippen LogP contribution < -0.4 is 30.7 Å². The summed E-state index contributed by atoms with van der Waals surface area (Å²) in [7, 11) is 3.21. The van der Waals surface area contributed by atoms with Crippen LogP contribution in [0.2, 0.25) is 5.02 Å². The van der Waals surface area contributed by atoms with Crippen molar-refractivity contribution in [3.05, 3.63) is 77.8 Å². The maximum atomic E-state index is 12.7. The molecule has 0 unspecified atom stereocenters. The standard InChI is InChI=1S/C26H26ClN7O3/c1-16(23(35)29-18-6-4-17(27)5-7-18)28-24-32-25(30-19-8-12-21(36-2)13-9-19)34-26(33-24)31-20-10-14-22(37-3)15-11-20/h4-16H,1-3H3,(H,29,35)(H3,28,30,31,32,33,34)/t16-/m1/s1. The molecular formula is C26H26ClN7O3. The van der Waals surface area contributed by atoms with Gasteiger partial charge in [0.2, 0.25) is 23.8 Å². The van der Waals surface area contributed by atoms with Crippen LogP contribution in [0, 0.1) is 0 Å². The first-order valence-electron chi connectivity index (χ1n) is 11.3. The lowest BCUT2D eigenvalue weighted by molar-refractivity contribution is -0.116. The number of hydrogen-bond acceptors (Lipinski definition) is 9. The number of aromatic nitrogens is 3. The molecule has 0 aliphatic carbocycles. The van der Waals surface area contributed by atoms with E-state index in [2.05, 4.69) is 36.2 Å². The van der Waals surface area contributed by atoms with Crippen LogP contribution in [0.3, 0.4) is 0 Å². The zero-order chi connectivity index (χ0) is 26.2. The number of nitrogens with one attached hydrogen (secondary N) is 4. The molecule has 0 bridgehead atoms. The number of rotatable bonds is 10. The van der Waals surface area contributed by atoms with Gasteiger partial charge in [-0.05, 0) is 79.7 Å². The molecule has 0 fully saturated rings. The third-order valence-corrected chi connectivity index (χ3v) is 5.43. The molecule has 0 aliphatic heterocycles. The minimum atomic E-state index is -0.652. The second-order valence-electron chi connectivity index (χ2n) is 7.88. The predicted molar refractivity (Wildman–Crippen MR) is 146 cm³/mol. The first-order valence-corrected chi connectivity index (χ1v) is 11.7. The van der Waals surface area contributed by atoms with Gasteiger partial charge >= 0.3 is 0 Å². The average molecular weight is 520 g/mol. The van der Waals surface area contributed by atoms with Gasteiger partial charge in [-0.2, -0.15) is 15.0 Å². The Morgan fingerprint density at radius 2 is 1.14 bits per heavy atom. The third-order valence-electron chi connectivity index (χ3n) is 5.18. The molecule has 3 aromatic carbocycles. The average Bonchev–Trinajstić information content (AvgIpc) is 2.90. The van der Waals surface area contributed by atoms with Gasteiger partial charge in [-0.15, -0.1) is 0 Å². The molecular weight excluding hydrogens is 494 g/mol. The Morgan fingerprint density at radius 1 is 0.703 bits per heavy atom. The molecule has 11 heteroatoms. The van der Waals surface area contributed by atoms with E-state index in [0.29, 0.717) is 10.7 Å². The quantitative estimate of drug-likeness (QED) is 0.216. The maximum absolute atomic E-state index is 12.7. The number of methoxy groups -OCH3 is 2. The SMILES string of the molecule is COc1ccc(Nc2nc(Nc3ccc(OC)cc3)nc(N[C@H](C)C(=O)Nc3ccc(Cl)cc3)n2)cc1. The summed E-state index contributed by atoms with van der Waals surface area (Å²) >= 11 is 5.92. The predicted octanol–water partition coefficient (Wildman–Crippen LogP) is 5.47. The molecule has 0 aliphatic rings. The summed E-state index contributed by atoms with van der Waals surface area (Å²) in [4.78, 5) is 26.1. The third kappa shape index (κ3) is 7.21. The number of carbonyl (C=O) groups excluding carboxylic acids is 1. The molecule has 1 amide bonds. The highest BCUT2D eigenvalue weighted by atomic mass is 35.5. The van der Waals surface area contributed by atoms with E-state index < -0.39 is 6.04 Å². The van der Waals surface area contributed by atoms with Crippen molar-refractivity contribution in [3.8, 4) is 11.5 Å². The van der Waals surface area contributed by atoms with Gasteiger partial charge in [0.15, 0.2) is 0 Å². The summed E-state index contributed by atoms with van der Waals surface area (Å²) in [5.74, 6) is 1.96. The number of amides is 1. The fourth-order valence-electron chi connectivity index (χ4n) is 3.20. The fourth-order valence-corrected chi connectivity index (χ4v) is 3.33. The van der Waals surface area contributed by atoms with Crippen LogP contribution in [0.5, 0.6) is 11.5 Å². The first-order chi connectivity index (χ1) is 17.9. The molecule has 0 saturated heterocycles. The molecule has 4 rings (SSSR count). The van der Waals surface area contributed by atoms with E-state index in [1.807, 2.05) is 48.5 Å². The Hall–Kier alpha value is -4.57. The number of carbonyl (C=O) groups is 1. The Bertz CT molecular complexity index is 1270. The molecule has 4 aromatic rings. The summed E-state index contributed by atoms with van der Waals surface area (Å²) in [6.07, 6.45) is 0. The van der Waals surface area contributed by atoms with Crippen molar-refractivity contribution in [1.82, 2.24) is 15.0 Å². The molecule has 0 spiro atoms. The van der Waals surface area contributed by atoms with Crippen LogP contribution >= 0.6 is 11.6 Å². The Labute approximate surface area is 219 Å². The van der Waals surface area contributed by atoms with E-state index >= 15 is 0 Å². The molecule has 0 radical (unpaired) electrons. The van der Waals surface area contributed by atoms with Crippen molar-refractivity contribution in [2.45, 2.75) is 13.0 Å². The minimum Gasteiger partial charge on any atom is -0.497 e. The van der Waals surface area contributed by atoms with Crippen LogP contribution in [0.15, 0.2) is 72.8 Å². The largest absolute Gasteiger partial charge is 0.497 e. The number of anilines is 6. The van der Waals surface area contributed by atoms with Crippen molar-refractivity contribution in [2.75, 3.05) is 35.5 Å². The maximum Gasteiger partial charge on any atom is 0.246 e. The highest BCUT2D eigenvalue weighted by Crippen LogP contribution is 2.22. The molecule has 0 saturated carbocycles. The summed E-state index contributed by atoms with van der Waals surface area (Å²) in [6.45, 7) is 1.71. The number of hydrogen-bond donors (Lipinski definition) is 4. The van der Waals surface area contributed by atoms with Gasteiger partial charge in [0.1, 0.15) is 17.5 Å². The van der Waals surface area contributed by atoms with Crippen molar-refractivity contribution in [1.29, 1.82) is 0 Å². The smallest absolute Gasteiger partial charge is 0.246 e. The molecule has 37 heavy (non-hydrogen) atoms. The minimum absolute atomic E-state index is 0.209. The Morgan fingerprint density at radius 3 is 1.59 bits per heavy atom. The number of benzene rings is 3. The molecule has 190 valence electrons. The molecule has 10 nitrogen and oxygen atoms in total. The van der Waals surface area contributed by atoms with Crippen molar-refractivity contribution in [3.63, 3.8) is 0 Å². The first kappa shape index (κ1) is 25.5. The van der Waals surface area contributed by atoms with Gasteiger partial charge in [0.05, 0.1) is 14.2 Å². The van der Waals surface area contributed by atoms with Gasteiger partial charge < -0.3 is 30.7 Å². The second kappa shape index (κ2) is 11.9. The van der Waals surface area contributed by atoms with Gasteiger partial charge in [-0.3, -0.25) is 4.79 Å². The summed E-state index contributed by atoms with van der Waals surface area (Å²) in [5, 5.41) is 12.8. The molecule has 1 aromatic heterocycles. The lowest BCUT2D eigenvalue weighted by atomic mass is 10.2. The zero-order valence-electron chi connectivity index (χ0n) is 20.4. The van der Waals surface area contributed by atoms with Crippen molar-refractivity contribution < 1.29 is 14.3 Å². The van der Waals surface area contributed by atoms with Gasteiger partial charge in [-0.25, -0.2) is 0 Å². The van der Waals surface area contributed by atoms with Crippen LogP contribution in [-0.4, -0.2) is 41.1 Å². The molecule has 4 N–H and O–H groups in total. The Kier molecular flexibility index (Phi) is 8.22. The Balaban J connectivity index is 1.54. The zero-order valence-corrected chi connectivity index (χ0v) is 21.2. The van der Waals surface area contributed by atoms with E-state index in [9.17, 15) is 4.79 Å². The van der Waals surface area contributed by atoms with E-state index in [0.717, 1.165) is 22.9 Å². The monoisotopic (exact) mass is 519 g/mol. The number of nitrogens with zero attached hydrogens (tertiary/aromatic N) is 3. The lowest BCUT2D eigenvalue weighted by Crippen LogP contribution is -2.32. The van der Waals surface area contributed by atoms with Gasteiger partial charge in [-0.1, -0.05) is 11.6 Å². The second-order valence-corrected chi connectivity index (χ2v) is 8.31. The topological polar surface area (TPSA) is 122 Å². The van der Waals surface area contributed by atoms with Gasteiger partial charge in [0, 0.05) is 22.1 Å². The van der Waals surface area contributed by atoms with Crippen LogP contribution in [0.4, 0.5) is 34.9 Å². The van der Waals surface area contributed by atoms with Crippen molar-refractivity contribution >= 4 is 52.4 Å². The highest BCUT2D eigenvalue weighted by molar-refractivity contribution is 6.30. The van der Waals surface area contributed by atoms with Crippen LogP contribution in [-0.2, 0) is 4.79 Å². The van der Waals surface area contributed by atoms with E-state index in [1.54, 1.807) is 45.4 Å². The lowest BCUT2D eigenvalue weighted by Gasteiger charge is -2.16. The summed E-state index contributed by atoms with van der Waals surface area (Å²) < 4.78 is 10.4. The molecule has 1 atom stereocenters. The highest BCUT2D eigenvalue weighted by Gasteiger charge is 2.16. The molecule has 1 heterocycles. The van der Waals surface area contributed by atoms with Crippen LogP contribution in [0.1, 0.15) is 6.92 Å². The summed E-state index contributed by atoms with van der Waals surface area (Å²) in [5.41, 5.74) is 2.13. The van der Waals surface area contributed by atoms with Crippen molar-refractivity contribution in [2.24, 2.45) is 0 Å². The number of halogens is 1. The van der Waals surface area contributed by atoms with E-state index in [4.69, 9.17) is 21.1 Å². The fraction of sp³-hybridized carbons (Fsp3) is 0.154. The van der Waals surface area contributed by atoms with E-state index in [-0.39, 0.29) is 23.8 Å². The normalized spacial score (nSPS) is 11.2. The van der Waals surface area contributed by atoms with Crippen LogP contribution in [0.25, 0.3) is 0 Å². The van der Waals surface area contributed by atoms with E-state index in [1.165, 1.54) is 0 Å². The summed E-state index contributed by atoms with van der Waals surface area (Å²) in [6, 6.07) is 20.9. The number of ether oxygens (including phenoxy) is 2.